The standard InChI is InChI=1S/C25H20ClF3N6O4/c1-38-16-8-6-15(14-7-9-18(25(27,28)29)33-20(14)16)24-35-21(17(10-30)39-24)23(37)32-11-19(36)34-22(31)12-2-4-13(26)5-3-12/h2-9H,10-11,30H2,1H3,(H,32,37)(H2,31,34,36). The van der Waals surface area contributed by atoms with E-state index in [1.54, 1.807) is 24.3 Å². The Labute approximate surface area is 223 Å². The quantitative estimate of drug-likeness (QED) is 0.228. The van der Waals surface area contributed by atoms with Gasteiger partial charge in [-0.1, -0.05) is 11.6 Å². The number of nitrogens with two attached hydrogens (primary N) is 2. The van der Waals surface area contributed by atoms with Crippen LogP contribution in [0.3, 0.4) is 0 Å². The van der Waals surface area contributed by atoms with Gasteiger partial charge in [-0.15, -0.1) is 0 Å². The first-order valence-corrected chi connectivity index (χ1v) is 11.6. The van der Waals surface area contributed by atoms with E-state index in [1.807, 2.05) is 0 Å². The molecule has 0 fully saturated rings. The van der Waals surface area contributed by atoms with E-state index in [0.717, 1.165) is 6.07 Å². The smallest absolute Gasteiger partial charge is 0.433 e. The molecule has 0 bridgehead atoms. The van der Waals surface area contributed by atoms with Crippen molar-refractivity contribution >= 4 is 40.2 Å². The van der Waals surface area contributed by atoms with Crippen LogP contribution >= 0.6 is 11.6 Å². The van der Waals surface area contributed by atoms with E-state index in [9.17, 15) is 22.8 Å². The average molecular weight is 561 g/mol. The fraction of sp³-hybridized carbons (Fsp3) is 0.160. The van der Waals surface area contributed by atoms with Gasteiger partial charge in [-0.05, 0) is 48.5 Å². The highest BCUT2D eigenvalue weighted by Gasteiger charge is 2.33. The number of carbonyl (C=O) groups is 2. The van der Waals surface area contributed by atoms with E-state index in [1.165, 1.54) is 25.3 Å². The summed E-state index contributed by atoms with van der Waals surface area (Å²) in [7, 11) is 1.30. The Hall–Kier alpha value is -4.49. The van der Waals surface area contributed by atoms with Crippen LogP contribution < -0.4 is 21.5 Å². The molecule has 2 aromatic heterocycles. The zero-order chi connectivity index (χ0) is 28.3. The van der Waals surface area contributed by atoms with Gasteiger partial charge in [0.2, 0.25) is 5.89 Å². The highest BCUT2D eigenvalue weighted by molar-refractivity contribution is 6.30. The molecule has 0 saturated heterocycles. The van der Waals surface area contributed by atoms with Crippen LogP contribution in [-0.4, -0.2) is 41.3 Å². The number of hydrogen-bond acceptors (Lipinski definition) is 7. The Morgan fingerprint density at radius 3 is 2.46 bits per heavy atom. The summed E-state index contributed by atoms with van der Waals surface area (Å²) in [5.41, 5.74) is 10.9. The van der Waals surface area contributed by atoms with Crippen LogP contribution in [0.25, 0.3) is 22.4 Å². The number of alkyl halides is 3. The molecule has 2 aromatic carbocycles. The fourth-order valence-electron chi connectivity index (χ4n) is 3.58. The Kier molecular flexibility index (Phi) is 7.83. The SMILES string of the molecule is COc1ccc(-c2nc(C(=O)NCC(=O)N=C(N)c3ccc(Cl)cc3)c(CN)o2)c2ccc(C(F)(F)F)nc12. The van der Waals surface area contributed by atoms with E-state index in [-0.39, 0.29) is 51.9 Å². The third kappa shape index (κ3) is 5.99. The van der Waals surface area contributed by atoms with Crippen LogP contribution in [0, 0.1) is 0 Å². The topological polar surface area (TPSA) is 159 Å². The largest absolute Gasteiger partial charge is 0.494 e. The number of benzene rings is 2. The third-order valence-electron chi connectivity index (χ3n) is 5.44. The predicted molar refractivity (Wildman–Crippen MR) is 136 cm³/mol. The molecule has 0 unspecified atom stereocenters. The number of hydrogen-bond donors (Lipinski definition) is 3. The summed E-state index contributed by atoms with van der Waals surface area (Å²) in [6.07, 6.45) is -4.67. The molecule has 4 aromatic rings. The van der Waals surface area contributed by atoms with Crippen molar-refractivity contribution in [3.8, 4) is 17.2 Å². The van der Waals surface area contributed by atoms with Gasteiger partial charge in [-0.3, -0.25) is 9.59 Å². The first-order valence-electron chi connectivity index (χ1n) is 11.2. The Balaban J connectivity index is 1.59. The van der Waals surface area contributed by atoms with Gasteiger partial charge < -0.3 is 25.9 Å². The third-order valence-corrected chi connectivity index (χ3v) is 5.70. The monoisotopic (exact) mass is 560 g/mol. The van der Waals surface area contributed by atoms with Gasteiger partial charge in [0.05, 0.1) is 20.2 Å². The van der Waals surface area contributed by atoms with E-state index in [4.69, 9.17) is 32.2 Å². The summed E-state index contributed by atoms with van der Waals surface area (Å²) in [6, 6.07) is 11.3. The molecule has 0 aliphatic heterocycles. The van der Waals surface area contributed by atoms with Crippen LogP contribution in [0.1, 0.15) is 27.5 Å². The van der Waals surface area contributed by atoms with Crippen LogP contribution in [0.4, 0.5) is 13.2 Å². The number of ether oxygens (including phenoxy) is 1. The van der Waals surface area contributed by atoms with Crippen molar-refractivity contribution in [2.24, 2.45) is 16.5 Å². The van der Waals surface area contributed by atoms with Crippen molar-refractivity contribution in [2.45, 2.75) is 12.7 Å². The van der Waals surface area contributed by atoms with E-state index < -0.39 is 30.2 Å². The molecule has 39 heavy (non-hydrogen) atoms. The van der Waals surface area contributed by atoms with Crippen LogP contribution in [0.2, 0.25) is 5.02 Å². The number of amides is 2. The molecule has 0 radical (unpaired) electrons. The van der Waals surface area contributed by atoms with E-state index in [0.29, 0.717) is 10.6 Å². The number of methoxy groups -OCH3 is 1. The maximum Gasteiger partial charge on any atom is 0.433 e. The van der Waals surface area contributed by atoms with E-state index >= 15 is 0 Å². The number of carbonyl (C=O) groups excluding carboxylic acids is 2. The molecule has 0 spiro atoms. The second-order valence-corrected chi connectivity index (χ2v) is 8.42. The van der Waals surface area contributed by atoms with Crippen molar-refractivity contribution in [3.05, 3.63) is 76.3 Å². The summed E-state index contributed by atoms with van der Waals surface area (Å²) >= 11 is 5.83. The molecule has 0 saturated carbocycles. The van der Waals surface area contributed by atoms with Gasteiger partial charge in [0, 0.05) is 21.5 Å². The number of pyridine rings is 1. The summed E-state index contributed by atoms with van der Waals surface area (Å²) < 4.78 is 50.5. The number of aromatic nitrogens is 2. The van der Waals surface area contributed by atoms with Crippen molar-refractivity contribution < 1.29 is 31.9 Å². The van der Waals surface area contributed by atoms with Gasteiger partial charge in [-0.2, -0.15) is 18.2 Å². The molecule has 5 N–H and O–H groups in total. The van der Waals surface area contributed by atoms with Gasteiger partial charge in [0.15, 0.2) is 11.5 Å². The minimum absolute atomic E-state index is 0.0111. The van der Waals surface area contributed by atoms with Crippen LogP contribution in [0.5, 0.6) is 5.75 Å². The Morgan fingerprint density at radius 1 is 1.10 bits per heavy atom. The maximum absolute atomic E-state index is 13.2. The van der Waals surface area contributed by atoms with Gasteiger partial charge in [0.1, 0.15) is 22.8 Å². The summed E-state index contributed by atoms with van der Waals surface area (Å²) in [6.45, 7) is -0.731. The number of nitrogens with one attached hydrogen (secondary N) is 1. The zero-order valence-electron chi connectivity index (χ0n) is 20.2. The number of amidine groups is 1. The minimum atomic E-state index is -4.67. The Morgan fingerprint density at radius 2 is 1.82 bits per heavy atom. The molecule has 14 heteroatoms. The van der Waals surface area contributed by atoms with Crippen molar-refractivity contribution in [1.29, 1.82) is 0 Å². The zero-order valence-corrected chi connectivity index (χ0v) is 20.9. The van der Waals surface area contributed by atoms with E-state index in [2.05, 4.69) is 20.3 Å². The summed E-state index contributed by atoms with van der Waals surface area (Å²) in [4.78, 5) is 36.7. The lowest BCUT2D eigenvalue weighted by Gasteiger charge is -2.11. The molecular formula is C25H20ClF3N6O4. The predicted octanol–water partition coefficient (Wildman–Crippen LogP) is 3.69. The molecular weight excluding hydrogens is 541 g/mol. The summed E-state index contributed by atoms with van der Waals surface area (Å²) in [5, 5.41) is 3.10. The molecule has 202 valence electrons. The highest BCUT2D eigenvalue weighted by Crippen LogP contribution is 2.36. The normalized spacial score (nSPS) is 12.0. The molecule has 4 rings (SSSR count). The molecule has 2 amide bonds. The molecule has 10 nitrogen and oxygen atoms in total. The second-order valence-electron chi connectivity index (χ2n) is 7.98. The Bertz CT molecular complexity index is 1590. The van der Waals surface area contributed by atoms with Crippen molar-refractivity contribution in [2.75, 3.05) is 13.7 Å². The van der Waals surface area contributed by atoms with Crippen LogP contribution in [0.15, 0.2) is 57.9 Å². The number of rotatable bonds is 7. The molecule has 0 aliphatic carbocycles. The fourth-order valence-corrected chi connectivity index (χ4v) is 3.71. The number of oxazole rings is 1. The molecule has 0 aliphatic rings. The highest BCUT2D eigenvalue weighted by atomic mass is 35.5. The average Bonchev–Trinajstić information content (AvgIpc) is 3.35. The molecule has 0 atom stereocenters. The van der Waals surface area contributed by atoms with Crippen molar-refractivity contribution in [1.82, 2.24) is 15.3 Å². The minimum Gasteiger partial charge on any atom is -0.494 e. The molecule has 2 heterocycles. The van der Waals surface area contributed by atoms with Gasteiger partial charge >= 0.3 is 6.18 Å². The number of nitrogens with zero attached hydrogens (tertiary/aromatic N) is 3. The first kappa shape index (κ1) is 27.5. The lowest BCUT2D eigenvalue weighted by atomic mass is 10.1. The second kappa shape index (κ2) is 11.1. The lowest BCUT2D eigenvalue weighted by Crippen LogP contribution is -2.31. The number of fused-ring (bicyclic) bond motifs is 1. The maximum atomic E-state index is 13.2. The first-order chi connectivity index (χ1) is 18.5. The van der Waals surface area contributed by atoms with Gasteiger partial charge in [-0.25, -0.2) is 9.97 Å². The van der Waals surface area contributed by atoms with Crippen molar-refractivity contribution in [3.63, 3.8) is 0 Å². The number of halogens is 4. The lowest BCUT2D eigenvalue weighted by molar-refractivity contribution is -0.141. The van der Waals surface area contributed by atoms with Gasteiger partial charge in [0.25, 0.3) is 11.8 Å². The summed E-state index contributed by atoms with van der Waals surface area (Å²) in [5.74, 6) is -1.59. The number of aliphatic imine (C=N–C) groups is 1. The van der Waals surface area contributed by atoms with Crippen LogP contribution in [-0.2, 0) is 17.5 Å².